The molecule has 106 valence electrons. The van der Waals surface area contributed by atoms with Gasteiger partial charge in [-0.05, 0) is 25.3 Å². The second kappa shape index (κ2) is 7.80. The summed E-state index contributed by atoms with van der Waals surface area (Å²) in [5.41, 5.74) is 3.04. The molecule has 0 saturated carbocycles. The average Bonchev–Trinajstić information content (AvgIpc) is 2.77. The third-order valence-corrected chi connectivity index (χ3v) is 5.12. The van der Waals surface area contributed by atoms with Crippen molar-refractivity contribution in [2.45, 2.75) is 61.9 Å². The first-order chi connectivity index (χ1) is 9.24. The maximum absolute atomic E-state index is 6.29. The van der Waals surface area contributed by atoms with Gasteiger partial charge in [-0.3, -0.25) is 0 Å². The quantitative estimate of drug-likeness (QED) is 0.401. The van der Waals surface area contributed by atoms with Gasteiger partial charge in [-0.1, -0.05) is 50.9 Å². The van der Waals surface area contributed by atoms with Gasteiger partial charge in [0, 0.05) is 16.2 Å². The number of alkyl halides is 1. The van der Waals surface area contributed by atoms with Crippen LogP contribution in [0, 0.1) is 0 Å². The minimum Gasteiger partial charge on any atom is -0.371 e. The molecule has 2 heterocycles. The van der Waals surface area contributed by atoms with Crippen LogP contribution in [0.1, 0.15) is 32.6 Å². The zero-order valence-corrected chi connectivity index (χ0v) is 14.3. The van der Waals surface area contributed by atoms with Crippen LogP contribution in [0.2, 0.25) is 0 Å². The fourth-order valence-corrected chi connectivity index (χ4v) is 3.08. The van der Waals surface area contributed by atoms with Crippen molar-refractivity contribution in [2.24, 2.45) is 0 Å². The standard InChI is InChI=1S/C15H20Br2O2/c1-2-12(17)13-7-3-4-8-14-15(19-13)10-11(18-14)6-5-9-16/h3-4,6,9,11-15H,2,7-8,10H2,1H3/b4-3-/t5?,11-,12-,13+,14-,15-/m0/s1. The predicted octanol–water partition coefficient (Wildman–Crippen LogP) is 4.48. The van der Waals surface area contributed by atoms with Crippen LogP contribution in [0.4, 0.5) is 0 Å². The van der Waals surface area contributed by atoms with Gasteiger partial charge in [-0.15, -0.1) is 5.73 Å². The molecular weight excluding hydrogens is 372 g/mol. The van der Waals surface area contributed by atoms with E-state index in [9.17, 15) is 0 Å². The molecule has 4 heteroatoms. The van der Waals surface area contributed by atoms with E-state index in [1.807, 2.05) is 6.08 Å². The van der Waals surface area contributed by atoms with E-state index in [1.165, 1.54) is 0 Å². The van der Waals surface area contributed by atoms with Gasteiger partial charge >= 0.3 is 0 Å². The molecule has 0 aromatic carbocycles. The van der Waals surface area contributed by atoms with Crippen molar-refractivity contribution in [3.05, 3.63) is 28.9 Å². The van der Waals surface area contributed by atoms with Gasteiger partial charge in [-0.2, -0.15) is 0 Å². The first kappa shape index (κ1) is 15.5. The highest BCUT2D eigenvalue weighted by Crippen LogP contribution is 2.31. The van der Waals surface area contributed by atoms with Crippen molar-refractivity contribution in [3.63, 3.8) is 0 Å². The lowest BCUT2D eigenvalue weighted by Gasteiger charge is -2.28. The lowest BCUT2D eigenvalue weighted by Crippen LogP contribution is -2.34. The molecule has 0 unspecified atom stereocenters. The molecule has 2 aliphatic heterocycles. The Morgan fingerprint density at radius 2 is 2.11 bits per heavy atom. The number of hydrogen-bond acceptors (Lipinski definition) is 2. The Labute approximate surface area is 132 Å². The van der Waals surface area contributed by atoms with Crippen LogP contribution in [0.5, 0.6) is 0 Å². The first-order valence-corrected chi connectivity index (χ1v) is 8.69. The summed E-state index contributed by atoms with van der Waals surface area (Å²) in [6, 6.07) is 0. The second-order valence-corrected chi connectivity index (χ2v) is 6.61. The maximum atomic E-state index is 6.29. The van der Waals surface area contributed by atoms with Gasteiger partial charge in [0.15, 0.2) is 0 Å². The van der Waals surface area contributed by atoms with Crippen molar-refractivity contribution >= 4 is 31.9 Å². The number of halogens is 2. The van der Waals surface area contributed by atoms with Gasteiger partial charge in [0.25, 0.3) is 0 Å². The van der Waals surface area contributed by atoms with Crippen LogP contribution in [0.3, 0.4) is 0 Å². The highest BCUT2D eigenvalue weighted by molar-refractivity contribution is 9.11. The van der Waals surface area contributed by atoms with Crippen LogP contribution in [-0.4, -0.2) is 29.2 Å². The smallest absolute Gasteiger partial charge is 0.0880 e. The molecule has 5 atom stereocenters. The summed E-state index contributed by atoms with van der Waals surface area (Å²) in [6.45, 7) is 2.18. The molecule has 2 rings (SSSR count). The van der Waals surface area contributed by atoms with E-state index in [2.05, 4.69) is 56.7 Å². The van der Waals surface area contributed by atoms with Crippen LogP contribution in [0.25, 0.3) is 0 Å². The lowest BCUT2D eigenvalue weighted by atomic mass is 10.0. The fraction of sp³-hybridized carbons (Fsp3) is 0.667. The molecule has 2 nitrogen and oxygen atoms in total. The van der Waals surface area contributed by atoms with E-state index in [4.69, 9.17) is 9.47 Å². The Morgan fingerprint density at radius 3 is 2.84 bits per heavy atom. The van der Waals surface area contributed by atoms with E-state index in [-0.39, 0.29) is 24.4 Å². The van der Waals surface area contributed by atoms with Gasteiger partial charge in [-0.25, -0.2) is 0 Å². The Hall–Kier alpha value is 0.140. The molecule has 1 fully saturated rings. The molecule has 0 bridgehead atoms. The predicted molar refractivity (Wildman–Crippen MR) is 84.9 cm³/mol. The zero-order valence-electron chi connectivity index (χ0n) is 11.1. The maximum Gasteiger partial charge on any atom is 0.0880 e. The van der Waals surface area contributed by atoms with E-state index >= 15 is 0 Å². The minimum absolute atomic E-state index is 0.117. The van der Waals surface area contributed by atoms with E-state index in [0.717, 1.165) is 25.7 Å². The topological polar surface area (TPSA) is 18.5 Å². The summed E-state index contributed by atoms with van der Waals surface area (Å²) >= 11 is 6.95. The first-order valence-electron chi connectivity index (χ1n) is 6.85. The summed E-state index contributed by atoms with van der Waals surface area (Å²) in [6.07, 6.45) is 11.1. The van der Waals surface area contributed by atoms with Crippen molar-refractivity contribution < 1.29 is 9.47 Å². The Kier molecular flexibility index (Phi) is 6.37. The molecule has 0 amide bonds. The summed E-state index contributed by atoms with van der Waals surface area (Å²) < 4.78 is 12.3. The number of fused-ring (bicyclic) bond motifs is 1. The second-order valence-electron chi connectivity index (χ2n) is 4.97. The Balaban J connectivity index is 2.04. The molecular formula is C15H20Br2O2. The van der Waals surface area contributed by atoms with E-state index in [0.29, 0.717) is 4.83 Å². The molecule has 0 spiro atoms. The van der Waals surface area contributed by atoms with E-state index in [1.54, 1.807) is 4.99 Å². The van der Waals surface area contributed by atoms with Crippen LogP contribution in [0.15, 0.2) is 28.9 Å². The largest absolute Gasteiger partial charge is 0.371 e. The fourth-order valence-electron chi connectivity index (χ4n) is 2.59. The molecule has 19 heavy (non-hydrogen) atoms. The van der Waals surface area contributed by atoms with Gasteiger partial charge < -0.3 is 9.47 Å². The van der Waals surface area contributed by atoms with Crippen molar-refractivity contribution in [1.29, 1.82) is 0 Å². The van der Waals surface area contributed by atoms with Crippen molar-refractivity contribution in [3.8, 4) is 0 Å². The molecule has 0 aromatic heterocycles. The van der Waals surface area contributed by atoms with Crippen LogP contribution < -0.4 is 0 Å². The van der Waals surface area contributed by atoms with Crippen molar-refractivity contribution in [2.75, 3.05) is 0 Å². The number of hydrogen-bond donors (Lipinski definition) is 0. The normalized spacial score (nSPS) is 37.4. The van der Waals surface area contributed by atoms with E-state index < -0.39 is 0 Å². The average molecular weight is 392 g/mol. The molecule has 0 aliphatic carbocycles. The third-order valence-electron chi connectivity index (χ3n) is 3.62. The molecule has 0 radical (unpaired) electrons. The molecule has 1 saturated heterocycles. The zero-order chi connectivity index (χ0) is 13.7. The lowest BCUT2D eigenvalue weighted by molar-refractivity contribution is -0.0540. The van der Waals surface area contributed by atoms with Gasteiger partial charge in [0.05, 0.1) is 24.4 Å². The minimum atomic E-state index is 0.117. The Morgan fingerprint density at radius 1 is 1.32 bits per heavy atom. The van der Waals surface area contributed by atoms with Crippen LogP contribution >= 0.6 is 31.9 Å². The summed E-state index contributed by atoms with van der Waals surface area (Å²) in [5, 5.41) is 0. The summed E-state index contributed by atoms with van der Waals surface area (Å²) in [5.74, 6) is 0. The SMILES string of the molecule is CC[C@H](Br)[C@H]1C/C=C\C[C@@H]2O[C@@H](C=C=CBr)C[C@@H]2O1. The van der Waals surface area contributed by atoms with Gasteiger partial charge in [0.2, 0.25) is 0 Å². The van der Waals surface area contributed by atoms with Gasteiger partial charge in [0.1, 0.15) is 0 Å². The Bertz CT molecular complexity index is 374. The van der Waals surface area contributed by atoms with Crippen molar-refractivity contribution in [1.82, 2.24) is 0 Å². The molecule has 0 N–H and O–H groups in total. The number of ether oxygens (including phenoxy) is 2. The summed E-state index contributed by atoms with van der Waals surface area (Å²) in [7, 11) is 0. The third kappa shape index (κ3) is 4.30. The molecule has 2 aliphatic rings. The highest BCUT2D eigenvalue weighted by atomic mass is 79.9. The molecule has 0 aromatic rings. The monoisotopic (exact) mass is 390 g/mol. The highest BCUT2D eigenvalue weighted by Gasteiger charge is 2.37. The van der Waals surface area contributed by atoms with Crippen LogP contribution in [-0.2, 0) is 9.47 Å². The summed E-state index contributed by atoms with van der Waals surface area (Å²) in [4.78, 5) is 2.14. The number of rotatable bonds is 3.